The second kappa shape index (κ2) is 16.3. The number of hydrogen-bond donors (Lipinski definition) is 2. The second-order valence-corrected chi connectivity index (χ2v) is 7.92. The van der Waals surface area contributed by atoms with E-state index in [1.165, 1.54) is 32.5 Å². The van der Waals surface area contributed by atoms with Crippen molar-refractivity contribution >= 4 is 35.8 Å². The molecule has 0 aromatic rings. The number of likely N-dealkylation sites (tertiary alicyclic amines) is 1. The van der Waals surface area contributed by atoms with Crippen molar-refractivity contribution in [1.29, 1.82) is 0 Å². The summed E-state index contributed by atoms with van der Waals surface area (Å²) in [6.45, 7) is 18.4. The lowest BCUT2D eigenvalue weighted by Crippen LogP contribution is -2.40. The van der Waals surface area contributed by atoms with Gasteiger partial charge in [-0.3, -0.25) is 9.79 Å². The summed E-state index contributed by atoms with van der Waals surface area (Å²) < 4.78 is 0. The molecule has 2 N–H and O–H groups in total. The quantitative estimate of drug-likeness (QED) is 0.195. The largest absolute Gasteiger partial charge is 0.357 e. The molecule has 1 fully saturated rings. The number of nitrogens with zero attached hydrogens (tertiary/aromatic N) is 3. The van der Waals surface area contributed by atoms with Crippen LogP contribution >= 0.6 is 24.0 Å². The molecule has 28 heavy (non-hydrogen) atoms. The van der Waals surface area contributed by atoms with Crippen LogP contribution in [0, 0.1) is 11.8 Å². The van der Waals surface area contributed by atoms with Gasteiger partial charge in [-0.1, -0.05) is 13.8 Å². The van der Waals surface area contributed by atoms with Crippen LogP contribution in [0.25, 0.3) is 0 Å². The van der Waals surface area contributed by atoms with Crippen molar-refractivity contribution in [1.82, 2.24) is 20.4 Å². The van der Waals surface area contributed by atoms with Crippen LogP contribution in [0.5, 0.6) is 0 Å². The van der Waals surface area contributed by atoms with E-state index in [9.17, 15) is 4.79 Å². The number of guanidine groups is 1. The molecule has 1 aliphatic heterocycles. The molecule has 0 aromatic carbocycles. The lowest BCUT2D eigenvalue weighted by Gasteiger charge is -2.34. The zero-order valence-electron chi connectivity index (χ0n) is 18.8. The standard InChI is InChI=1S/C21H43N5O.HI/c1-6-22-21(24-13-11-20(27)26(7-2)8-3)23-12-9-10-14-25-16-18(4)15-19(5)17-25;/h18-19H,6-17H2,1-5H3,(H2,22,23,24);1H. The molecule has 166 valence electrons. The summed E-state index contributed by atoms with van der Waals surface area (Å²) in [5, 5.41) is 6.56. The van der Waals surface area contributed by atoms with E-state index in [0.717, 1.165) is 50.4 Å². The summed E-state index contributed by atoms with van der Waals surface area (Å²) in [7, 11) is 0. The van der Waals surface area contributed by atoms with Gasteiger partial charge < -0.3 is 20.4 Å². The van der Waals surface area contributed by atoms with Gasteiger partial charge in [0.2, 0.25) is 5.91 Å². The Bertz CT molecular complexity index is 433. The van der Waals surface area contributed by atoms with Gasteiger partial charge in [0.25, 0.3) is 0 Å². The number of hydrogen-bond acceptors (Lipinski definition) is 3. The number of amides is 1. The molecular formula is C21H44IN5O. The number of carbonyl (C=O) groups excluding carboxylic acids is 1. The summed E-state index contributed by atoms with van der Waals surface area (Å²) >= 11 is 0. The Morgan fingerprint density at radius 1 is 1.07 bits per heavy atom. The van der Waals surface area contributed by atoms with Crippen molar-refractivity contribution in [3.05, 3.63) is 0 Å². The van der Waals surface area contributed by atoms with E-state index in [1.54, 1.807) is 0 Å². The SMILES string of the molecule is CCNC(=NCCCCN1CC(C)CC(C)C1)NCCC(=O)N(CC)CC.I. The minimum Gasteiger partial charge on any atom is -0.357 e. The molecule has 1 heterocycles. The average Bonchev–Trinajstić information content (AvgIpc) is 2.61. The van der Waals surface area contributed by atoms with E-state index in [4.69, 9.17) is 0 Å². The number of rotatable bonds is 11. The van der Waals surface area contributed by atoms with E-state index in [1.807, 2.05) is 18.7 Å². The monoisotopic (exact) mass is 509 g/mol. The molecule has 6 nitrogen and oxygen atoms in total. The third-order valence-electron chi connectivity index (χ3n) is 5.19. The molecule has 0 radical (unpaired) electrons. The van der Waals surface area contributed by atoms with Gasteiger partial charge >= 0.3 is 0 Å². The fourth-order valence-electron chi connectivity index (χ4n) is 3.98. The summed E-state index contributed by atoms with van der Waals surface area (Å²) in [4.78, 5) is 21.2. The molecule has 0 spiro atoms. The normalized spacial score (nSPS) is 20.4. The van der Waals surface area contributed by atoms with Gasteiger partial charge in [0.15, 0.2) is 5.96 Å². The molecule has 0 bridgehead atoms. The predicted octanol–water partition coefficient (Wildman–Crippen LogP) is 3.18. The van der Waals surface area contributed by atoms with Crippen molar-refractivity contribution < 1.29 is 4.79 Å². The molecule has 1 aliphatic rings. The van der Waals surface area contributed by atoms with Crippen molar-refractivity contribution in [2.75, 3.05) is 52.4 Å². The maximum atomic E-state index is 12.1. The molecule has 2 unspecified atom stereocenters. The number of aliphatic imine (C=N–C) groups is 1. The van der Waals surface area contributed by atoms with Crippen LogP contribution in [0.3, 0.4) is 0 Å². The predicted molar refractivity (Wildman–Crippen MR) is 131 cm³/mol. The molecule has 0 aliphatic carbocycles. The first kappa shape index (κ1) is 27.4. The summed E-state index contributed by atoms with van der Waals surface area (Å²) in [6.07, 6.45) is 4.18. The van der Waals surface area contributed by atoms with Gasteiger partial charge in [0.05, 0.1) is 0 Å². The van der Waals surface area contributed by atoms with E-state index < -0.39 is 0 Å². The van der Waals surface area contributed by atoms with Gasteiger partial charge in [0, 0.05) is 52.2 Å². The molecular weight excluding hydrogens is 465 g/mol. The minimum atomic E-state index is 0. The summed E-state index contributed by atoms with van der Waals surface area (Å²) in [5.74, 6) is 2.68. The Labute approximate surface area is 190 Å². The van der Waals surface area contributed by atoms with E-state index in [0.29, 0.717) is 13.0 Å². The Balaban J connectivity index is 0.00000729. The number of piperidine rings is 1. The first-order valence-electron chi connectivity index (χ1n) is 11.0. The molecule has 1 saturated heterocycles. The lowest BCUT2D eigenvalue weighted by atomic mass is 9.92. The maximum Gasteiger partial charge on any atom is 0.224 e. The van der Waals surface area contributed by atoms with E-state index in [2.05, 4.69) is 41.3 Å². The van der Waals surface area contributed by atoms with E-state index >= 15 is 0 Å². The fourth-order valence-corrected chi connectivity index (χ4v) is 3.98. The highest BCUT2D eigenvalue weighted by Gasteiger charge is 2.20. The number of nitrogens with one attached hydrogen (secondary N) is 2. The van der Waals surface area contributed by atoms with Crippen LogP contribution in [-0.2, 0) is 4.79 Å². The summed E-state index contributed by atoms with van der Waals surface area (Å²) in [5.41, 5.74) is 0. The topological polar surface area (TPSA) is 60.0 Å². The first-order valence-corrected chi connectivity index (χ1v) is 11.0. The van der Waals surface area contributed by atoms with Crippen LogP contribution in [0.1, 0.15) is 60.3 Å². The Morgan fingerprint density at radius 3 is 2.29 bits per heavy atom. The molecule has 2 atom stereocenters. The minimum absolute atomic E-state index is 0. The zero-order chi connectivity index (χ0) is 20.1. The molecule has 7 heteroatoms. The van der Waals surface area contributed by atoms with Crippen molar-refractivity contribution in [2.24, 2.45) is 16.8 Å². The van der Waals surface area contributed by atoms with Gasteiger partial charge in [-0.2, -0.15) is 0 Å². The van der Waals surface area contributed by atoms with Gasteiger partial charge in [0.1, 0.15) is 0 Å². The highest BCUT2D eigenvalue weighted by atomic mass is 127. The number of halogens is 1. The smallest absolute Gasteiger partial charge is 0.224 e. The van der Waals surface area contributed by atoms with Gasteiger partial charge in [-0.05, 0) is 58.4 Å². The van der Waals surface area contributed by atoms with Gasteiger partial charge in [-0.15, -0.1) is 24.0 Å². The molecule has 1 rings (SSSR count). The van der Waals surface area contributed by atoms with Crippen molar-refractivity contribution in [3.63, 3.8) is 0 Å². The van der Waals surface area contributed by atoms with Crippen LogP contribution in [0.15, 0.2) is 4.99 Å². The fraction of sp³-hybridized carbons (Fsp3) is 0.905. The average molecular weight is 510 g/mol. The molecule has 0 aromatic heterocycles. The third kappa shape index (κ3) is 11.4. The molecule has 0 saturated carbocycles. The van der Waals surface area contributed by atoms with Gasteiger partial charge in [-0.25, -0.2) is 0 Å². The van der Waals surface area contributed by atoms with Crippen LogP contribution in [0.4, 0.5) is 0 Å². The highest BCUT2D eigenvalue weighted by Crippen LogP contribution is 2.20. The number of unbranched alkanes of at least 4 members (excludes halogenated alkanes) is 1. The highest BCUT2D eigenvalue weighted by molar-refractivity contribution is 14.0. The second-order valence-electron chi connectivity index (χ2n) is 7.92. The first-order chi connectivity index (χ1) is 13.0. The van der Waals surface area contributed by atoms with Crippen LogP contribution in [-0.4, -0.2) is 74.0 Å². The Hall–Kier alpha value is -0.570. The lowest BCUT2D eigenvalue weighted by molar-refractivity contribution is -0.130. The van der Waals surface area contributed by atoms with Crippen LogP contribution in [0.2, 0.25) is 0 Å². The molecule has 1 amide bonds. The zero-order valence-corrected chi connectivity index (χ0v) is 21.1. The van der Waals surface area contributed by atoms with Crippen molar-refractivity contribution in [2.45, 2.75) is 60.3 Å². The number of carbonyl (C=O) groups is 1. The Morgan fingerprint density at radius 2 is 1.71 bits per heavy atom. The van der Waals surface area contributed by atoms with E-state index in [-0.39, 0.29) is 29.9 Å². The summed E-state index contributed by atoms with van der Waals surface area (Å²) in [6, 6.07) is 0. The van der Waals surface area contributed by atoms with Crippen molar-refractivity contribution in [3.8, 4) is 0 Å². The van der Waals surface area contributed by atoms with Crippen LogP contribution < -0.4 is 10.6 Å². The maximum absolute atomic E-state index is 12.1. The Kier molecular flexibility index (Phi) is 15.9. The third-order valence-corrected chi connectivity index (χ3v) is 5.19.